The third kappa shape index (κ3) is 3.45. The molecule has 9 heteroatoms. The third-order valence-corrected chi connectivity index (χ3v) is 5.96. The van der Waals surface area contributed by atoms with Crippen LogP contribution in [0.2, 0.25) is 0 Å². The maximum atomic E-state index is 13.1. The summed E-state index contributed by atoms with van der Waals surface area (Å²) < 4.78 is 0. The summed E-state index contributed by atoms with van der Waals surface area (Å²) in [4.78, 5) is 52.7. The Morgan fingerprint density at radius 1 is 1.21 bits per heavy atom. The molecule has 1 aromatic rings. The minimum Gasteiger partial charge on any atom is -0.387 e. The Kier molecular flexibility index (Phi) is 4.97. The van der Waals surface area contributed by atoms with E-state index in [0.717, 1.165) is 17.9 Å². The first kappa shape index (κ1) is 19.7. The van der Waals surface area contributed by atoms with Crippen LogP contribution in [0.3, 0.4) is 0 Å². The second-order valence-electron chi connectivity index (χ2n) is 8.03. The Hall–Kier alpha value is -2.62. The van der Waals surface area contributed by atoms with Crippen molar-refractivity contribution in [1.29, 1.82) is 0 Å². The number of amides is 4. The first-order valence-electron chi connectivity index (χ1n) is 9.81. The molecule has 3 aliphatic rings. The number of nitrogens with two attached hydrogens (primary N) is 1. The van der Waals surface area contributed by atoms with Gasteiger partial charge in [0.15, 0.2) is 0 Å². The second-order valence-corrected chi connectivity index (χ2v) is 8.03. The minimum absolute atomic E-state index is 0.0854. The van der Waals surface area contributed by atoms with Crippen molar-refractivity contribution >= 4 is 23.6 Å². The van der Waals surface area contributed by atoms with Gasteiger partial charge in [0.2, 0.25) is 11.8 Å². The second kappa shape index (κ2) is 7.33. The summed E-state index contributed by atoms with van der Waals surface area (Å²) in [5.74, 6) is -2.05. The summed E-state index contributed by atoms with van der Waals surface area (Å²) in [6, 6.07) is 4.10. The molecular formula is C20H24N4O5. The number of carbonyl (C=O) groups excluding carboxylic acids is 4. The van der Waals surface area contributed by atoms with Crippen LogP contribution < -0.4 is 11.1 Å². The van der Waals surface area contributed by atoms with Crippen molar-refractivity contribution in [3.05, 3.63) is 34.9 Å². The number of carbonyl (C=O) groups is 4. The van der Waals surface area contributed by atoms with Gasteiger partial charge in [-0.05, 0) is 37.4 Å². The smallest absolute Gasteiger partial charge is 0.262 e. The van der Waals surface area contributed by atoms with Gasteiger partial charge in [-0.15, -0.1) is 0 Å². The largest absolute Gasteiger partial charge is 0.387 e. The average molecular weight is 400 g/mol. The van der Waals surface area contributed by atoms with Crippen molar-refractivity contribution in [3.63, 3.8) is 0 Å². The first-order valence-corrected chi connectivity index (χ1v) is 9.81. The predicted octanol–water partition coefficient (Wildman–Crippen LogP) is -0.627. The van der Waals surface area contributed by atoms with Crippen LogP contribution in [-0.4, -0.2) is 69.8 Å². The molecule has 2 unspecified atom stereocenters. The number of piperidine rings is 2. The van der Waals surface area contributed by atoms with Crippen LogP contribution in [0.15, 0.2) is 18.2 Å². The number of hydrogen-bond acceptors (Lipinski definition) is 7. The molecule has 0 saturated carbocycles. The van der Waals surface area contributed by atoms with Crippen LogP contribution in [0.25, 0.3) is 0 Å². The van der Waals surface area contributed by atoms with E-state index in [0.29, 0.717) is 30.6 Å². The molecule has 2 fully saturated rings. The third-order valence-electron chi connectivity index (χ3n) is 5.96. The first-order chi connectivity index (χ1) is 13.8. The standard InChI is InChI=1S/C20H24N4O5/c21-10-20(29)7-2-8-23(11-20)9-12-3-1-4-13-16(12)19(28)24(18(13)27)14-5-6-15(25)22-17(14)26/h1,3-4,14,29H,2,5-11,21H2,(H,22,25,26). The maximum Gasteiger partial charge on any atom is 0.262 e. The quantitative estimate of drug-likeness (QED) is 0.573. The number of nitrogens with one attached hydrogen (secondary N) is 1. The summed E-state index contributed by atoms with van der Waals surface area (Å²) >= 11 is 0. The highest BCUT2D eigenvalue weighted by Crippen LogP contribution is 2.31. The highest BCUT2D eigenvalue weighted by Gasteiger charge is 2.45. The van der Waals surface area contributed by atoms with Gasteiger partial charge in [0.25, 0.3) is 11.8 Å². The lowest BCUT2D eigenvalue weighted by Gasteiger charge is -2.38. The zero-order chi connectivity index (χ0) is 20.8. The minimum atomic E-state index is -0.981. The number of hydrogen-bond donors (Lipinski definition) is 3. The fourth-order valence-corrected chi connectivity index (χ4v) is 4.47. The van der Waals surface area contributed by atoms with Gasteiger partial charge in [0.1, 0.15) is 6.04 Å². The van der Waals surface area contributed by atoms with Gasteiger partial charge in [-0.2, -0.15) is 0 Å². The van der Waals surface area contributed by atoms with E-state index in [-0.39, 0.29) is 24.9 Å². The van der Waals surface area contributed by atoms with Crippen LogP contribution >= 0.6 is 0 Å². The SMILES string of the molecule is NCC1(O)CCCN(Cc2cccc3c2C(=O)N(C2CCC(=O)NC2=O)C3=O)C1. The number of aliphatic hydroxyl groups is 1. The molecule has 0 aromatic heterocycles. The van der Waals surface area contributed by atoms with E-state index >= 15 is 0 Å². The summed E-state index contributed by atoms with van der Waals surface area (Å²) in [5.41, 5.74) is 5.99. The topological polar surface area (TPSA) is 133 Å². The average Bonchev–Trinajstić information content (AvgIpc) is 2.94. The van der Waals surface area contributed by atoms with Crippen LogP contribution in [-0.2, 0) is 16.1 Å². The van der Waals surface area contributed by atoms with E-state index in [4.69, 9.17) is 5.73 Å². The number of imide groups is 2. The van der Waals surface area contributed by atoms with Crippen LogP contribution in [0, 0.1) is 0 Å². The van der Waals surface area contributed by atoms with Gasteiger partial charge >= 0.3 is 0 Å². The van der Waals surface area contributed by atoms with E-state index < -0.39 is 35.3 Å². The molecule has 4 rings (SSSR count). The molecule has 3 aliphatic heterocycles. The Morgan fingerprint density at radius 2 is 2.00 bits per heavy atom. The van der Waals surface area contributed by atoms with Crippen molar-refractivity contribution in [2.24, 2.45) is 5.73 Å². The Balaban J connectivity index is 1.60. The van der Waals surface area contributed by atoms with Crippen LogP contribution in [0.5, 0.6) is 0 Å². The highest BCUT2D eigenvalue weighted by atomic mass is 16.3. The van der Waals surface area contributed by atoms with Gasteiger partial charge in [0, 0.05) is 26.1 Å². The van der Waals surface area contributed by atoms with Crippen molar-refractivity contribution in [2.45, 2.75) is 43.9 Å². The molecule has 2 saturated heterocycles. The molecule has 1 aromatic carbocycles. The summed E-state index contributed by atoms with van der Waals surface area (Å²) in [7, 11) is 0. The van der Waals surface area contributed by atoms with Crippen molar-refractivity contribution in [2.75, 3.05) is 19.6 Å². The van der Waals surface area contributed by atoms with Crippen molar-refractivity contribution in [3.8, 4) is 0 Å². The molecule has 2 atom stereocenters. The number of nitrogens with zero attached hydrogens (tertiary/aromatic N) is 2. The monoisotopic (exact) mass is 400 g/mol. The van der Waals surface area contributed by atoms with Gasteiger partial charge in [-0.3, -0.25) is 34.3 Å². The molecule has 154 valence electrons. The molecule has 4 N–H and O–H groups in total. The molecule has 9 nitrogen and oxygen atoms in total. The molecule has 4 amide bonds. The Bertz CT molecular complexity index is 901. The lowest BCUT2D eigenvalue weighted by Crippen LogP contribution is -2.54. The summed E-state index contributed by atoms with van der Waals surface area (Å²) in [6.45, 7) is 1.71. The molecule has 3 heterocycles. The number of fused-ring (bicyclic) bond motifs is 1. The summed E-state index contributed by atoms with van der Waals surface area (Å²) in [5, 5.41) is 12.7. The summed E-state index contributed by atoms with van der Waals surface area (Å²) in [6.07, 6.45) is 1.63. The van der Waals surface area contributed by atoms with Crippen molar-refractivity contribution in [1.82, 2.24) is 15.1 Å². The predicted molar refractivity (Wildman–Crippen MR) is 102 cm³/mol. The number of benzene rings is 1. The Labute approximate surface area is 167 Å². The number of rotatable bonds is 4. The zero-order valence-electron chi connectivity index (χ0n) is 16.0. The lowest BCUT2D eigenvalue weighted by molar-refractivity contribution is -0.136. The van der Waals surface area contributed by atoms with Gasteiger partial charge in [0.05, 0.1) is 16.7 Å². The van der Waals surface area contributed by atoms with E-state index in [1.165, 1.54) is 0 Å². The molecule has 0 spiro atoms. The van der Waals surface area contributed by atoms with Gasteiger partial charge < -0.3 is 10.8 Å². The van der Waals surface area contributed by atoms with E-state index in [1.807, 2.05) is 4.90 Å². The van der Waals surface area contributed by atoms with Crippen LogP contribution in [0.1, 0.15) is 52.0 Å². The highest BCUT2D eigenvalue weighted by molar-refractivity contribution is 6.24. The van der Waals surface area contributed by atoms with E-state index in [1.54, 1.807) is 18.2 Å². The maximum absolute atomic E-state index is 13.1. The fraction of sp³-hybridized carbons (Fsp3) is 0.500. The van der Waals surface area contributed by atoms with E-state index in [2.05, 4.69) is 5.32 Å². The Morgan fingerprint density at radius 3 is 2.72 bits per heavy atom. The molecule has 29 heavy (non-hydrogen) atoms. The van der Waals surface area contributed by atoms with Gasteiger partial charge in [-0.1, -0.05) is 12.1 Å². The van der Waals surface area contributed by atoms with Crippen molar-refractivity contribution < 1.29 is 24.3 Å². The molecular weight excluding hydrogens is 376 g/mol. The normalized spacial score (nSPS) is 27.9. The number of β-amino-alcohol motifs (C(OH)–C–C–N with tert-alkyl or cyclic N) is 1. The molecule has 0 radical (unpaired) electrons. The van der Waals surface area contributed by atoms with Crippen LogP contribution in [0.4, 0.5) is 0 Å². The molecule has 0 aliphatic carbocycles. The zero-order valence-corrected chi connectivity index (χ0v) is 16.0. The van der Waals surface area contributed by atoms with Gasteiger partial charge in [-0.25, -0.2) is 0 Å². The fourth-order valence-electron chi connectivity index (χ4n) is 4.47. The molecule has 0 bridgehead atoms. The lowest BCUT2D eigenvalue weighted by atomic mass is 9.92. The number of likely N-dealkylation sites (tertiary alicyclic amines) is 1. The van der Waals surface area contributed by atoms with E-state index in [9.17, 15) is 24.3 Å².